The highest BCUT2D eigenvalue weighted by atomic mass is 16.6. The van der Waals surface area contributed by atoms with E-state index in [9.17, 15) is 4.79 Å². The maximum Gasteiger partial charge on any atom is 0.259 e. The van der Waals surface area contributed by atoms with Crippen LogP contribution >= 0.6 is 0 Å². The van der Waals surface area contributed by atoms with Gasteiger partial charge in [-0.15, -0.1) is 0 Å². The molecule has 0 bridgehead atoms. The van der Waals surface area contributed by atoms with E-state index < -0.39 is 0 Å². The second-order valence-electron chi connectivity index (χ2n) is 2.66. The molecule has 0 radical (unpaired) electrons. The molecule has 1 unspecified atom stereocenters. The lowest BCUT2D eigenvalue weighted by atomic mass is 10.0. The normalized spacial score (nSPS) is 22.6. The second kappa shape index (κ2) is 4.01. The Hall–Kier alpha value is -0.990. The Morgan fingerprint density at radius 1 is 1.73 bits per heavy atom. The second-order valence-corrected chi connectivity index (χ2v) is 2.66. The molecule has 0 aromatic carbocycles. The van der Waals surface area contributed by atoms with Gasteiger partial charge in [-0.25, -0.2) is 0 Å². The van der Waals surface area contributed by atoms with Gasteiger partial charge in [0.2, 0.25) is 0 Å². The lowest BCUT2D eigenvalue weighted by Crippen LogP contribution is -2.31. The number of hydrogen-bond donors (Lipinski definition) is 1. The number of rotatable bonds is 3. The highest BCUT2D eigenvalue weighted by Crippen LogP contribution is 2.12. The lowest BCUT2D eigenvalue weighted by molar-refractivity contribution is -0.134. The Morgan fingerprint density at radius 2 is 2.55 bits per heavy atom. The quantitative estimate of drug-likeness (QED) is 0.668. The molecule has 0 aromatic heterocycles. The summed E-state index contributed by atoms with van der Waals surface area (Å²) in [5.74, 6) is -0.00958. The van der Waals surface area contributed by atoms with Gasteiger partial charge < -0.3 is 4.84 Å². The summed E-state index contributed by atoms with van der Waals surface area (Å²) in [7, 11) is 0. The Labute approximate surface area is 66.4 Å². The van der Waals surface area contributed by atoms with Crippen molar-refractivity contribution in [3.63, 3.8) is 0 Å². The summed E-state index contributed by atoms with van der Waals surface area (Å²) in [5, 5.41) is 0. The first-order valence-corrected chi connectivity index (χ1v) is 3.96. The van der Waals surface area contributed by atoms with Crippen LogP contribution in [0.1, 0.15) is 26.2 Å². The fourth-order valence-electron chi connectivity index (χ4n) is 1.04. The fourth-order valence-corrected chi connectivity index (χ4v) is 1.04. The van der Waals surface area contributed by atoms with Crippen LogP contribution in [0.15, 0.2) is 12.3 Å². The minimum Gasteiger partial charge on any atom is -0.388 e. The monoisotopic (exact) mass is 155 g/mol. The number of carbonyl (C=O) groups is 1. The zero-order valence-electron chi connectivity index (χ0n) is 6.67. The predicted octanol–water partition coefficient (Wildman–Crippen LogP) is 1.37. The number of carbonyl (C=O) groups excluding carboxylic acids is 1. The smallest absolute Gasteiger partial charge is 0.259 e. The SMILES string of the molecule is CCCCC1C=CONC1=O. The maximum absolute atomic E-state index is 11.0. The van der Waals surface area contributed by atoms with Crippen LogP contribution in [-0.2, 0) is 9.63 Å². The number of amides is 1. The molecule has 0 spiro atoms. The minimum absolute atomic E-state index is 0.0173. The molecule has 1 amide bonds. The molecule has 0 saturated heterocycles. The van der Waals surface area contributed by atoms with Crippen molar-refractivity contribution in [3.05, 3.63) is 12.3 Å². The van der Waals surface area contributed by atoms with Gasteiger partial charge in [0.1, 0.15) is 6.26 Å². The molecule has 1 heterocycles. The molecule has 11 heavy (non-hydrogen) atoms. The molecular weight excluding hydrogens is 142 g/mol. The number of hydroxylamine groups is 1. The van der Waals surface area contributed by atoms with Crippen molar-refractivity contribution < 1.29 is 9.63 Å². The molecule has 1 N–H and O–H groups in total. The minimum atomic E-state index is -0.0269. The molecule has 0 aromatic rings. The van der Waals surface area contributed by atoms with E-state index in [1.54, 1.807) is 6.08 Å². The molecular formula is C8H13NO2. The van der Waals surface area contributed by atoms with Crippen molar-refractivity contribution in [2.45, 2.75) is 26.2 Å². The molecule has 0 aliphatic carbocycles. The Kier molecular flexibility index (Phi) is 2.95. The van der Waals surface area contributed by atoms with Crippen LogP contribution in [0.3, 0.4) is 0 Å². The van der Waals surface area contributed by atoms with Crippen LogP contribution in [0.5, 0.6) is 0 Å². The van der Waals surface area contributed by atoms with Gasteiger partial charge in [-0.2, -0.15) is 5.48 Å². The average molecular weight is 155 g/mol. The van der Waals surface area contributed by atoms with E-state index in [1.165, 1.54) is 6.26 Å². The van der Waals surface area contributed by atoms with Crippen LogP contribution in [0, 0.1) is 5.92 Å². The topological polar surface area (TPSA) is 38.3 Å². The molecule has 1 rings (SSSR count). The Bertz CT molecular complexity index is 165. The third-order valence-electron chi connectivity index (χ3n) is 1.74. The van der Waals surface area contributed by atoms with E-state index in [-0.39, 0.29) is 11.8 Å². The third kappa shape index (κ3) is 2.26. The molecule has 3 nitrogen and oxygen atoms in total. The van der Waals surface area contributed by atoms with Crippen molar-refractivity contribution in [1.29, 1.82) is 0 Å². The molecule has 0 saturated carbocycles. The van der Waals surface area contributed by atoms with Gasteiger partial charge in [0, 0.05) is 0 Å². The van der Waals surface area contributed by atoms with Gasteiger partial charge in [0.05, 0.1) is 5.92 Å². The highest BCUT2D eigenvalue weighted by Gasteiger charge is 2.17. The summed E-state index contributed by atoms with van der Waals surface area (Å²) in [6.07, 6.45) is 6.46. The first kappa shape index (κ1) is 8.11. The van der Waals surface area contributed by atoms with E-state index in [0.717, 1.165) is 19.3 Å². The average Bonchev–Trinajstić information content (AvgIpc) is 2.03. The fraction of sp³-hybridized carbons (Fsp3) is 0.625. The number of unbranched alkanes of at least 4 members (excludes halogenated alkanes) is 1. The zero-order valence-corrected chi connectivity index (χ0v) is 6.67. The number of nitrogens with one attached hydrogen (secondary N) is 1. The van der Waals surface area contributed by atoms with Gasteiger partial charge in [-0.05, 0) is 12.5 Å². The van der Waals surface area contributed by atoms with E-state index in [4.69, 9.17) is 0 Å². The summed E-state index contributed by atoms with van der Waals surface area (Å²) in [6.45, 7) is 2.11. The van der Waals surface area contributed by atoms with E-state index in [1.807, 2.05) is 0 Å². The lowest BCUT2D eigenvalue weighted by Gasteiger charge is -2.15. The van der Waals surface area contributed by atoms with Crippen LogP contribution in [0.4, 0.5) is 0 Å². The Balaban J connectivity index is 2.35. The van der Waals surface area contributed by atoms with E-state index in [0.29, 0.717) is 0 Å². The molecule has 0 fully saturated rings. The van der Waals surface area contributed by atoms with Crippen molar-refractivity contribution in [3.8, 4) is 0 Å². The van der Waals surface area contributed by atoms with Gasteiger partial charge >= 0.3 is 0 Å². The van der Waals surface area contributed by atoms with Crippen LogP contribution in [0.2, 0.25) is 0 Å². The predicted molar refractivity (Wildman–Crippen MR) is 41.4 cm³/mol. The van der Waals surface area contributed by atoms with Crippen molar-refractivity contribution in [1.82, 2.24) is 5.48 Å². The summed E-state index contributed by atoms with van der Waals surface area (Å²) < 4.78 is 0. The van der Waals surface area contributed by atoms with Crippen molar-refractivity contribution in [2.75, 3.05) is 0 Å². The largest absolute Gasteiger partial charge is 0.388 e. The van der Waals surface area contributed by atoms with E-state index in [2.05, 4.69) is 17.2 Å². The van der Waals surface area contributed by atoms with Crippen LogP contribution in [-0.4, -0.2) is 5.91 Å². The van der Waals surface area contributed by atoms with Crippen molar-refractivity contribution >= 4 is 5.91 Å². The summed E-state index contributed by atoms with van der Waals surface area (Å²) in [6, 6.07) is 0. The maximum atomic E-state index is 11.0. The summed E-state index contributed by atoms with van der Waals surface area (Å²) >= 11 is 0. The summed E-state index contributed by atoms with van der Waals surface area (Å²) in [4.78, 5) is 15.6. The molecule has 1 atom stereocenters. The molecule has 1 aliphatic rings. The number of hydrogen-bond acceptors (Lipinski definition) is 2. The van der Waals surface area contributed by atoms with Gasteiger partial charge in [0.25, 0.3) is 5.91 Å². The highest BCUT2D eigenvalue weighted by molar-refractivity contribution is 5.79. The summed E-state index contributed by atoms with van der Waals surface area (Å²) in [5.41, 5.74) is 2.32. The van der Waals surface area contributed by atoms with Crippen LogP contribution in [0.25, 0.3) is 0 Å². The standard InChI is InChI=1S/C8H13NO2/c1-2-3-4-7-5-6-11-9-8(7)10/h5-7H,2-4H2,1H3,(H,9,10). The van der Waals surface area contributed by atoms with E-state index >= 15 is 0 Å². The van der Waals surface area contributed by atoms with Crippen molar-refractivity contribution in [2.24, 2.45) is 5.92 Å². The molecule has 3 heteroatoms. The third-order valence-corrected chi connectivity index (χ3v) is 1.74. The molecule has 1 aliphatic heterocycles. The molecule has 62 valence electrons. The zero-order chi connectivity index (χ0) is 8.10. The van der Waals surface area contributed by atoms with Gasteiger partial charge in [0.15, 0.2) is 0 Å². The first-order chi connectivity index (χ1) is 5.34. The van der Waals surface area contributed by atoms with Gasteiger partial charge in [-0.3, -0.25) is 4.79 Å². The van der Waals surface area contributed by atoms with Gasteiger partial charge in [-0.1, -0.05) is 19.8 Å². The van der Waals surface area contributed by atoms with Crippen LogP contribution < -0.4 is 5.48 Å². The first-order valence-electron chi connectivity index (χ1n) is 3.96. The Morgan fingerprint density at radius 3 is 3.18 bits per heavy atom.